The summed E-state index contributed by atoms with van der Waals surface area (Å²) in [6, 6.07) is 0. The van der Waals surface area contributed by atoms with Gasteiger partial charge in [0.05, 0.1) is 6.61 Å². The molecule has 0 heterocycles. The van der Waals surface area contributed by atoms with Gasteiger partial charge in [0.15, 0.2) is 0 Å². The molecule has 0 bridgehead atoms. The van der Waals surface area contributed by atoms with Gasteiger partial charge in [-0.25, -0.2) is 0 Å². The lowest BCUT2D eigenvalue weighted by Gasteiger charge is -2.00. The van der Waals surface area contributed by atoms with Gasteiger partial charge in [-0.3, -0.25) is 4.79 Å². The molecule has 2 nitrogen and oxygen atoms in total. The summed E-state index contributed by atoms with van der Waals surface area (Å²) in [4.78, 5) is 11.0. The van der Waals surface area contributed by atoms with E-state index in [0.29, 0.717) is 18.9 Å². The van der Waals surface area contributed by atoms with Crippen molar-refractivity contribution in [3.05, 3.63) is 12.2 Å². The predicted octanol–water partition coefficient (Wildman–Crippen LogP) is 2.30. The van der Waals surface area contributed by atoms with Crippen molar-refractivity contribution in [1.82, 2.24) is 0 Å². The lowest BCUT2D eigenvalue weighted by Crippen LogP contribution is -2.06. The Bertz CT molecular complexity index is 169. The molecule has 2 heteroatoms. The van der Waals surface area contributed by atoms with Gasteiger partial charge in [0.2, 0.25) is 0 Å². The quantitative estimate of drug-likeness (QED) is 0.465. The second-order valence-electron chi connectivity index (χ2n) is 3.23. The second kappa shape index (κ2) is 4.96. The first-order valence-corrected chi connectivity index (χ1v) is 4.59. The second-order valence-corrected chi connectivity index (χ2v) is 3.23. The molecule has 0 atom stereocenters. The van der Waals surface area contributed by atoms with Crippen molar-refractivity contribution in [2.75, 3.05) is 6.61 Å². The van der Waals surface area contributed by atoms with Crippen molar-refractivity contribution in [3.63, 3.8) is 0 Å². The number of allylic oxidation sites excluding steroid dienone is 2. The summed E-state index contributed by atoms with van der Waals surface area (Å²) in [6.45, 7) is 2.60. The van der Waals surface area contributed by atoms with E-state index in [1.807, 2.05) is 19.1 Å². The van der Waals surface area contributed by atoms with E-state index in [2.05, 4.69) is 0 Å². The smallest absolute Gasteiger partial charge is 0.306 e. The van der Waals surface area contributed by atoms with Gasteiger partial charge in [-0.05, 0) is 32.1 Å². The number of rotatable bonds is 5. The highest BCUT2D eigenvalue weighted by Gasteiger charge is 2.22. The van der Waals surface area contributed by atoms with E-state index in [9.17, 15) is 4.79 Å². The number of hydrogen-bond acceptors (Lipinski definition) is 2. The summed E-state index contributed by atoms with van der Waals surface area (Å²) < 4.78 is 5.04. The van der Waals surface area contributed by atoms with E-state index in [1.165, 1.54) is 12.8 Å². The van der Waals surface area contributed by atoms with Gasteiger partial charge in [-0.1, -0.05) is 12.2 Å². The van der Waals surface area contributed by atoms with Crippen LogP contribution in [0.4, 0.5) is 0 Å². The Morgan fingerprint density at radius 3 is 2.92 bits per heavy atom. The van der Waals surface area contributed by atoms with Crippen LogP contribution in [0, 0.1) is 5.92 Å². The maximum Gasteiger partial charge on any atom is 0.306 e. The Hall–Kier alpha value is -0.790. The summed E-state index contributed by atoms with van der Waals surface area (Å²) in [5, 5.41) is 0. The minimum absolute atomic E-state index is 0.0556. The van der Waals surface area contributed by atoms with Crippen LogP contribution in [-0.2, 0) is 9.53 Å². The molecule has 0 N–H and O–H groups in total. The summed E-state index contributed by atoms with van der Waals surface area (Å²) in [5.41, 5.74) is 0. The van der Waals surface area contributed by atoms with Crippen molar-refractivity contribution in [1.29, 1.82) is 0 Å². The van der Waals surface area contributed by atoms with Crippen LogP contribution in [0.25, 0.3) is 0 Å². The fraction of sp³-hybridized carbons (Fsp3) is 0.700. The highest BCUT2D eigenvalue weighted by Crippen LogP contribution is 2.28. The zero-order chi connectivity index (χ0) is 8.81. The average Bonchev–Trinajstić information content (AvgIpc) is 2.84. The first-order valence-electron chi connectivity index (χ1n) is 4.59. The van der Waals surface area contributed by atoms with E-state index in [-0.39, 0.29) is 5.97 Å². The summed E-state index contributed by atoms with van der Waals surface area (Å²) in [7, 11) is 0. The molecule has 0 spiro atoms. The summed E-state index contributed by atoms with van der Waals surface area (Å²) in [5.74, 6) is 0.621. The third-order valence-corrected chi connectivity index (χ3v) is 1.93. The van der Waals surface area contributed by atoms with Crippen LogP contribution in [0.15, 0.2) is 12.2 Å². The van der Waals surface area contributed by atoms with Gasteiger partial charge in [-0.15, -0.1) is 0 Å². The number of hydrogen-bond donors (Lipinski definition) is 0. The molecular formula is C10H16O2. The molecule has 0 radical (unpaired) electrons. The first kappa shape index (κ1) is 9.30. The molecule has 1 saturated carbocycles. The molecule has 1 rings (SSSR count). The highest BCUT2D eigenvalue weighted by molar-refractivity contribution is 5.69. The van der Waals surface area contributed by atoms with Gasteiger partial charge < -0.3 is 4.74 Å². The van der Waals surface area contributed by atoms with Crippen molar-refractivity contribution in [2.24, 2.45) is 5.92 Å². The minimum atomic E-state index is -0.0556. The zero-order valence-electron chi connectivity index (χ0n) is 7.58. The Kier molecular flexibility index (Phi) is 3.85. The van der Waals surface area contributed by atoms with Crippen LogP contribution in [0.2, 0.25) is 0 Å². The van der Waals surface area contributed by atoms with E-state index in [0.717, 1.165) is 6.42 Å². The SMILES string of the molecule is CC=CCCC(=O)OCC1CC1. The fourth-order valence-electron chi connectivity index (χ4n) is 0.935. The van der Waals surface area contributed by atoms with Crippen molar-refractivity contribution in [2.45, 2.75) is 32.6 Å². The fourth-order valence-corrected chi connectivity index (χ4v) is 0.935. The first-order chi connectivity index (χ1) is 5.83. The molecule has 1 aliphatic carbocycles. The van der Waals surface area contributed by atoms with E-state index in [4.69, 9.17) is 4.74 Å². The topological polar surface area (TPSA) is 26.3 Å². The van der Waals surface area contributed by atoms with Crippen LogP contribution in [-0.4, -0.2) is 12.6 Å². The van der Waals surface area contributed by atoms with Gasteiger partial charge in [0, 0.05) is 6.42 Å². The van der Waals surface area contributed by atoms with E-state index >= 15 is 0 Å². The molecule has 0 aromatic rings. The lowest BCUT2D eigenvalue weighted by atomic mass is 10.3. The molecular weight excluding hydrogens is 152 g/mol. The number of ether oxygens (including phenoxy) is 1. The van der Waals surface area contributed by atoms with Gasteiger partial charge in [0.25, 0.3) is 0 Å². The molecule has 1 fully saturated rings. The molecule has 0 aliphatic heterocycles. The molecule has 0 aromatic carbocycles. The predicted molar refractivity (Wildman–Crippen MR) is 47.7 cm³/mol. The van der Waals surface area contributed by atoms with Crippen LogP contribution in [0.5, 0.6) is 0 Å². The Labute approximate surface area is 73.6 Å². The number of esters is 1. The molecule has 0 unspecified atom stereocenters. The van der Waals surface area contributed by atoms with Crippen LogP contribution >= 0.6 is 0 Å². The molecule has 1 aliphatic rings. The van der Waals surface area contributed by atoms with Crippen molar-refractivity contribution >= 4 is 5.97 Å². The molecule has 12 heavy (non-hydrogen) atoms. The highest BCUT2D eigenvalue weighted by atomic mass is 16.5. The zero-order valence-corrected chi connectivity index (χ0v) is 7.58. The Balaban J connectivity index is 1.94. The molecule has 0 saturated heterocycles. The maximum absolute atomic E-state index is 11.0. The number of carbonyl (C=O) groups is 1. The largest absolute Gasteiger partial charge is 0.465 e. The van der Waals surface area contributed by atoms with Gasteiger partial charge >= 0.3 is 5.97 Å². The van der Waals surface area contributed by atoms with E-state index in [1.54, 1.807) is 0 Å². The normalized spacial score (nSPS) is 16.8. The summed E-state index contributed by atoms with van der Waals surface area (Å²) in [6.07, 6.45) is 7.74. The van der Waals surface area contributed by atoms with Crippen LogP contribution in [0.3, 0.4) is 0 Å². The van der Waals surface area contributed by atoms with Gasteiger partial charge in [-0.2, -0.15) is 0 Å². The third-order valence-electron chi connectivity index (χ3n) is 1.93. The Morgan fingerprint density at radius 2 is 2.33 bits per heavy atom. The molecule has 0 aromatic heterocycles. The van der Waals surface area contributed by atoms with Gasteiger partial charge in [0.1, 0.15) is 0 Å². The van der Waals surface area contributed by atoms with Crippen LogP contribution in [0.1, 0.15) is 32.6 Å². The third kappa shape index (κ3) is 4.16. The molecule has 0 amide bonds. The molecule has 68 valence electrons. The van der Waals surface area contributed by atoms with Crippen molar-refractivity contribution < 1.29 is 9.53 Å². The van der Waals surface area contributed by atoms with E-state index < -0.39 is 0 Å². The average molecular weight is 168 g/mol. The number of carbonyl (C=O) groups excluding carboxylic acids is 1. The maximum atomic E-state index is 11.0. The van der Waals surface area contributed by atoms with Crippen LogP contribution < -0.4 is 0 Å². The summed E-state index contributed by atoms with van der Waals surface area (Å²) >= 11 is 0. The Morgan fingerprint density at radius 1 is 1.58 bits per heavy atom. The lowest BCUT2D eigenvalue weighted by molar-refractivity contribution is -0.144. The standard InChI is InChI=1S/C10H16O2/c1-2-3-4-5-10(11)12-8-9-6-7-9/h2-3,9H,4-8H2,1H3. The van der Waals surface area contributed by atoms with Crippen molar-refractivity contribution in [3.8, 4) is 0 Å². The minimum Gasteiger partial charge on any atom is -0.465 e. The monoisotopic (exact) mass is 168 g/mol.